The van der Waals surface area contributed by atoms with Gasteiger partial charge in [-0.1, -0.05) is 56.5 Å². The lowest BCUT2D eigenvalue weighted by atomic mass is 9.88. The summed E-state index contributed by atoms with van der Waals surface area (Å²) < 4.78 is 2.02. The van der Waals surface area contributed by atoms with Crippen molar-refractivity contribution in [3.05, 3.63) is 59.9 Å². The van der Waals surface area contributed by atoms with E-state index in [0.29, 0.717) is 13.1 Å². The second-order valence-electron chi connectivity index (χ2n) is 8.98. The molecule has 4 rings (SSSR count). The van der Waals surface area contributed by atoms with Gasteiger partial charge >= 0.3 is 0 Å². The van der Waals surface area contributed by atoms with Crippen LogP contribution in [-0.2, 0) is 29.1 Å². The lowest BCUT2D eigenvalue weighted by Crippen LogP contribution is -2.36. The zero-order chi connectivity index (χ0) is 22.5. The average Bonchev–Trinajstić information content (AvgIpc) is 3.14. The molecule has 0 spiro atoms. The van der Waals surface area contributed by atoms with E-state index >= 15 is 0 Å². The number of nitrogens with zero attached hydrogens (tertiary/aromatic N) is 3. The monoisotopic (exact) mass is 431 g/mol. The van der Waals surface area contributed by atoms with Crippen molar-refractivity contribution in [1.82, 2.24) is 9.55 Å². The fourth-order valence-electron chi connectivity index (χ4n) is 4.78. The molecule has 5 heteroatoms. The van der Waals surface area contributed by atoms with E-state index in [1.807, 2.05) is 45.9 Å². The molecule has 0 radical (unpaired) electrons. The maximum Gasteiger partial charge on any atom is 0.230 e. The van der Waals surface area contributed by atoms with Gasteiger partial charge in [0.05, 0.1) is 24.1 Å². The molecule has 5 nitrogen and oxygen atoms in total. The summed E-state index contributed by atoms with van der Waals surface area (Å²) in [6, 6.07) is 16.2. The Hall–Kier alpha value is -2.95. The molecule has 0 bridgehead atoms. The minimum Gasteiger partial charge on any atom is -0.320 e. The Balaban J connectivity index is 1.72. The maximum absolute atomic E-state index is 13.6. The maximum atomic E-state index is 13.6. The Kier molecular flexibility index (Phi) is 7.03. The number of aryl methyl sites for hydroxylation is 1. The van der Waals surface area contributed by atoms with Gasteiger partial charge < -0.3 is 9.47 Å². The molecule has 3 aromatic rings. The predicted octanol–water partition coefficient (Wildman–Crippen LogP) is 5.69. The first-order valence-electron chi connectivity index (χ1n) is 11.9. The number of rotatable bonds is 8. The van der Waals surface area contributed by atoms with Crippen molar-refractivity contribution < 1.29 is 9.59 Å². The van der Waals surface area contributed by atoms with E-state index in [1.165, 1.54) is 6.42 Å². The summed E-state index contributed by atoms with van der Waals surface area (Å²) in [6.45, 7) is 4.62. The van der Waals surface area contributed by atoms with E-state index in [9.17, 15) is 9.59 Å². The number of ketones is 1. The fourth-order valence-corrected chi connectivity index (χ4v) is 4.78. The van der Waals surface area contributed by atoms with Gasteiger partial charge in [-0.15, -0.1) is 0 Å². The topological polar surface area (TPSA) is 55.2 Å². The van der Waals surface area contributed by atoms with Crippen molar-refractivity contribution in [2.45, 2.75) is 71.9 Å². The predicted molar refractivity (Wildman–Crippen MR) is 129 cm³/mol. The lowest BCUT2D eigenvalue weighted by Gasteiger charge is -2.29. The van der Waals surface area contributed by atoms with Gasteiger partial charge in [-0.25, -0.2) is 4.98 Å². The van der Waals surface area contributed by atoms with E-state index in [0.717, 1.165) is 66.6 Å². The molecule has 0 N–H and O–H groups in total. The van der Waals surface area contributed by atoms with Crippen LogP contribution in [-0.4, -0.2) is 21.2 Å². The number of imidazole rings is 1. The summed E-state index contributed by atoms with van der Waals surface area (Å²) in [5, 5.41) is 0. The SMILES string of the molecule is CCCc1nc2cc(N(Cc3ccccc3)C(=O)C3CCCCC3)ccc2n1CC(C)=O. The molecular formula is C27H33N3O2. The second kappa shape index (κ2) is 10.1. The molecule has 0 atom stereocenters. The number of benzene rings is 2. The van der Waals surface area contributed by atoms with E-state index in [4.69, 9.17) is 4.98 Å². The van der Waals surface area contributed by atoms with Gasteiger partial charge in [-0.2, -0.15) is 0 Å². The van der Waals surface area contributed by atoms with Crippen molar-refractivity contribution in [3.8, 4) is 0 Å². The number of amides is 1. The Labute approximate surface area is 190 Å². The van der Waals surface area contributed by atoms with E-state index in [1.54, 1.807) is 6.92 Å². The highest BCUT2D eigenvalue weighted by atomic mass is 16.2. The summed E-state index contributed by atoms with van der Waals surface area (Å²) in [6.07, 6.45) is 7.22. The molecule has 1 heterocycles. The Morgan fingerprint density at radius 3 is 2.50 bits per heavy atom. The number of carbonyl (C=O) groups is 2. The van der Waals surface area contributed by atoms with Crippen molar-refractivity contribution in [3.63, 3.8) is 0 Å². The molecule has 0 saturated heterocycles. The third kappa shape index (κ3) is 4.93. The van der Waals surface area contributed by atoms with E-state index in [-0.39, 0.29) is 17.6 Å². The lowest BCUT2D eigenvalue weighted by molar-refractivity contribution is -0.123. The quantitative estimate of drug-likeness (QED) is 0.460. The largest absolute Gasteiger partial charge is 0.320 e. The van der Waals surface area contributed by atoms with Gasteiger partial charge in [0.15, 0.2) is 0 Å². The van der Waals surface area contributed by atoms with Gasteiger partial charge in [0.2, 0.25) is 5.91 Å². The molecule has 1 aliphatic carbocycles. The highest BCUT2D eigenvalue weighted by molar-refractivity contribution is 5.97. The van der Waals surface area contributed by atoms with Gasteiger partial charge in [0.1, 0.15) is 11.6 Å². The number of hydrogen-bond donors (Lipinski definition) is 0. The van der Waals surface area contributed by atoms with Crippen molar-refractivity contribution in [2.24, 2.45) is 5.92 Å². The number of anilines is 1. The average molecular weight is 432 g/mol. The van der Waals surface area contributed by atoms with Crippen LogP contribution >= 0.6 is 0 Å². The molecule has 1 amide bonds. The molecule has 168 valence electrons. The van der Waals surface area contributed by atoms with Crippen LogP contribution in [0.2, 0.25) is 0 Å². The second-order valence-corrected chi connectivity index (χ2v) is 8.98. The van der Waals surface area contributed by atoms with Crippen LogP contribution in [0.1, 0.15) is 63.8 Å². The van der Waals surface area contributed by atoms with Gasteiger partial charge in [0, 0.05) is 18.0 Å². The zero-order valence-corrected chi connectivity index (χ0v) is 19.2. The number of carbonyl (C=O) groups excluding carboxylic acids is 2. The summed E-state index contributed by atoms with van der Waals surface area (Å²) in [4.78, 5) is 32.3. The molecule has 1 fully saturated rings. The fraction of sp³-hybridized carbons (Fsp3) is 0.444. The molecule has 1 aliphatic rings. The van der Waals surface area contributed by atoms with E-state index < -0.39 is 0 Å². The highest BCUT2D eigenvalue weighted by Crippen LogP contribution is 2.30. The Bertz CT molecular complexity index is 1080. The van der Waals surface area contributed by atoms with Crippen LogP contribution < -0.4 is 4.90 Å². The van der Waals surface area contributed by atoms with Gasteiger partial charge in [-0.05, 0) is 49.9 Å². The van der Waals surface area contributed by atoms with E-state index in [2.05, 4.69) is 19.1 Å². The summed E-state index contributed by atoms with van der Waals surface area (Å²) in [5.74, 6) is 1.35. The third-order valence-corrected chi connectivity index (χ3v) is 6.38. The normalized spacial score (nSPS) is 14.6. The summed E-state index contributed by atoms with van der Waals surface area (Å²) in [7, 11) is 0. The number of Topliss-reactive ketones (excluding diaryl/α,β-unsaturated/α-hetero) is 1. The first kappa shape index (κ1) is 22.3. The van der Waals surface area contributed by atoms with Crippen LogP contribution in [0, 0.1) is 5.92 Å². The van der Waals surface area contributed by atoms with Crippen LogP contribution in [0.4, 0.5) is 5.69 Å². The molecule has 1 aromatic heterocycles. The van der Waals surface area contributed by atoms with Crippen LogP contribution in [0.25, 0.3) is 11.0 Å². The van der Waals surface area contributed by atoms with Crippen molar-refractivity contribution >= 4 is 28.4 Å². The standard InChI is InChI=1S/C27H33N3O2/c1-3-10-26-28-24-17-23(15-16-25(24)30(26)18-20(2)31)29(19-21-11-6-4-7-12-21)27(32)22-13-8-5-9-14-22/h4,6-7,11-12,15-17,22H,3,5,8-10,13-14,18-19H2,1-2H3. The molecular weight excluding hydrogens is 398 g/mol. The summed E-state index contributed by atoms with van der Waals surface area (Å²) >= 11 is 0. The van der Waals surface area contributed by atoms with Crippen molar-refractivity contribution in [1.29, 1.82) is 0 Å². The molecule has 1 saturated carbocycles. The summed E-state index contributed by atoms with van der Waals surface area (Å²) in [5.41, 5.74) is 3.80. The molecule has 2 aromatic carbocycles. The zero-order valence-electron chi connectivity index (χ0n) is 19.2. The minimum absolute atomic E-state index is 0.0917. The van der Waals surface area contributed by atoms with Crippen LogP contribution in [0.3, 0.4) is 0 Å². The minimum atomic E-state index is 0.0917. The van der Waals surface area contributed by atoms with Gasteiger partial charge in [-0.3, -0.25) is 9.59 Å². The highest BCUT2D eigenvalue weighted by Gasteiger charge is 2.27. The molecule has 0 unspecified atom stereocenters. The first-order valence-corrected chi connectivity index (χ1v) is 11.9. The number of fused-ring (bicyclic) bond motifs is 1. The van der Waals surface area contributed by atoms with Crippen molar-refractivity contribution in [2.75, 3.05) is 4.90 Å². The van der Waals surface area contributed by atoms with Crippen LogP contribution in [0.15, 0.2) is 48.5 Å². The van der Waals surface area contributed by atoms with Crippen LogP contribution in [0.5, 0.6) is 0 Å². The smallest absolute Gasteiger partial charge is 0.230 e. The number of aromatic nitrogens is 2. The number of hydrogen-bond acceptors (Lipinski definition) is 3. The Morgan fingerprint density at radius 2 is 1.81 bits per heavy atom. The Morgan fingerprint density at radius 1 is 1.06 bits per heavy atom. The third-order valence-electron chi connectivity index (χ3n) is 6.38. The first-order chi connectivity index (χ1) is 15.6. The van der Waals surface area contributed by atoms with Gasteiger partial charge in [0.25, 0.3) is 0 Å². The molecule has 32 heavy (non-hydrogen) atoms. The molecule has 0 aliphatic heterocycles.